The van der Waals surface area contributed by atoms with Crippen LogP contribution in [0.3, 0.4) is 0 Å². The Labute approximate surface area is 141 Å². The van der Waals surface area contributed by atoms with Gasteiger partial charge in [0.25, 0.3) is 0 Å². The average molecular weight is 364 g/mol. The first-order valence-corrected chi connectivity index (χ1v) is 8.52. The molecule has 0 aliphatic rings. The van der Waals surface area contributed by atoms with E-state index in [1.807, 2.05) is 24.3 Å². The summed E-state index contributed by atoms with van der Waals surface area (Å²) in [5.41, 5.74) is 2.27. The van der Waals surface area contributed by atoms with Crippen molar-refractivity contribution in [3.05, 3.63) is 69.9 Å². The van der Waals surface area contributed by atoms with E-state index in [0.29, 0.717) is 12.0 Å². The molecule has 1 N–H and O–H groups in total. The highest BCUT2D eigenvalue weighted by Crippen LogP contribution is 2.25. The number of hydrogen-bond acceptors (Lipinski definition) is 1. The summed E-state index contributed by atoms with van der Waals surface area (Å²) < 4.78 is 14.3. The molecule has 1 nitrogen and oxygen atoms in total. The van der Waals surface area contributed by atoms with Gasteiger partial charge in [0.1, 0.15) is 5.82 Å². The van der Waals surface area contributed by atoms with Crippen LogP contribution in [0.5, 0.6) is 0 Å². The van der Waals surface area contributed by atoms with E-state index in [1.165, 1.54) is 17.7 Å². The first kappa shape index (κ1) is 17.2. The molecule has 0 fully saturated rings. The third-order valence-corrected chi connectivity index (χ3v) is 4.21. The summed E-state index contributed by atoms with van der Waals surface area (Å²) in [5.74, 6) is 0.440. The quantitative estimate of drug-likeness (QED) is 0.693. The minimum Gasteiger partial charge on any atom is -0.304 e. The predicted octanol–water partition coefficient (Wildman–Crippen LogP) is 5.70. The normalized spacial score (nSPS) is 14.1. The second-order valence-corrected chi connectivity index (χ2v) is 7.15. The third kappa shape index (κ3) is 4.92. The summed E-state index contributed by atoms with van der Waals surface area (Å²) >= 11 is 3.47. The summed E-state index contributed by atoms with van der Waals surface area (Å²) in [6.45, 7) is 6.66. The highest BCUT2D eigenvalue weighted by molar-refractivity contribution is 9.10. The lowest BCUT2D eigenvalue weighted by Gasteiger charge is -2.25. The van der Waals surface area contributed by atoms with Crippen LogP contribution in [0.1, 0.15) is 44.4 Å². The summed E-state index contributed by atoms with van der Waals surface area (Å²) in [5, 5.41) is 3.68. The van der Waals surface area contributed by atoms with Gasteiger partial charge in [0.2, 0.25) is 0 Å². The van der Waals surface area contributed by atoms with Crippen LogP contribution in [0.15, 0.2) is 53.0 Å². The lowest BCUT2D eigenvalue weighted by molar-refractivity contribution is 0.417. The Morgan fingerprint density at radius 3 is 1.91 bits per heavy atom. The number of halogens is 2. The van der Waals surface area contributed by atoms with Crippen molar-refractivity contribution in [3.63, 3.8) is 0 Å². The number of benzene rings is 2. The Balaban J connectivity index is 2.27. The van der Waals surface area contributed by atoms with Crippen LogP contribution in [-0.4, -0.2) is 6.04 Å². The molecular formula is C19H23BrFN. The Morgan fingerprint density at radius 2 is 1.41 bits per heavy atom. The Bertz CT molecular complexity index is 532. The van der Waals surface area contributed by atoms with Gasteiger partial charge in [0, 0.05) is 10.5 Å². The lowest BCUT2D eigenvalue weighted by atomic mass is 9.96. The molecular weight excluding hydrogens is 341 g/mol. The van der Waals surface area contributed by atoms with Gasteiger partial charge < -0.3 is 5.32 Å². The molecule has 2 aromatic rings. The van der Waals surface area contributed by atoms with Gasteiger partial charge in [0.05, 0.1) is 6.04 Å². The van der Waals surface area contributed by atoms with E-state index < -0.39 is 0 Å². The van der Waals surface area contributed by atoms with Gasteiger partial charge in [-0.1, -0.05) is 54.0 Å². The molecule has 0 saturated carbocycles. The second-order valence-electron chi connectivity index (χ2n) is 6.23. The van der Waals surface area contributed by atoms with Gasteiger partial charge in [-0.15, -0.1) is 0 Å². The van der Waals surface area contributed by atoms with E-state index in [0.717, 1.165) is 16.5 Å². The van der Waals surface area contributed by atoms with Crippen LogP contribution in [0.25, 0.3) is 0 Å². The SMILES string of the molecule is CC(C)C[C@H](C)N[C@H](c1ccc(F)cc1)c1ccc(Br)cc1. The van der Waals surface area contributed by atoms with E-state index in [1.54, 1.807) is 0 Å². The average Bonchev–Trinajstić information content (AvgIpc) is 2.46. The summed E-state index contributed by atoms with van der Waals surface area (Å²) in [6.07, 6.45) is 1.11. The highest BCUT2D eigenvalue weighted by Gasteiger charge is 2.17. The van der Waals surface area contributed by atoms with E-state index in [-0.39, 0.29) is 11.9 Å². The van der Waals surface area contributed by atoms with Crippen molar-refractivity contribution in [1.29, 1.82) is 0 Å². The van der Waals surface area contributed by atoms with Crippen molar-refractivity contribution < 1.29 is 4.39 Å². The van der Waals surface area contributed by atoms with Crippen molar-refractivity contribution in [2.75, 3.05) is 0 Å². The zero-order valence-corrected chi connectivity index (χ0v) is 14.9. The summed E-state index contributed by atoms with van der Waals surface area (Å²) in [7, 11) is 0. The number of rotatable bonds is 6. The molecule has 2 aromatic carbocycles. The van der Waals surface area contributed by atoms with Crippen molar-refractivity contribution in [1.82, 2.24) is 5.32 Å². The smallest absolute Gasteiger partial charge is 0.123 e. The molecule has 0 aliphatic carbocycles. The van der Waals surface area contributed by atoms with Gasteiger partial charge in [-0.05, 0) is 54.7 Å². The summed E-state index contributed by atoms with van der Waals surface area (Å²) in [4.78, 5) is 0. The fourth-order valence-corrected chi connectivity index (χ4v) is 3.02. The molecule has 22 heavy (non-hydrogen) atoms. The monoisotopic (exact) mass is 363 g/mol. The maximum absolute atomic E-state index is 13.2. The molecule has 0 spiro atoms. The zero-order chi connectivity index (χ0) is 16.1. The molecule has 0 amide bonds. The van der Waals surface area contributed by atoms with Crippen LogP contribution in [-0.2, 0) is 0 Å². The van der Waals surface area contributed by atoms with Crippen molar-refractivity contribution >= 4 is 15.9 Å². The molecule has 0 unspecified atom stereocenters. The van der Waals surface area contributed by atoms with Crippen LogP contribution in [0.2, 0.25) is 0 Å². The first-order chi connectivity index (χ1) is 10.5. The fraction of sp³-hybridized carbons (Fsp3) is 0.368. The van der Waals surface area contributed by atoms with Crippen LogP contribution >= 0.6 is 15.9 Å². The number of hydrogen-bond donors (Lipinski definition) is 1. The first-order valence-electron chi connectivity index (χ1n) is 7.72. The van der Waals surface area contributed by atoms with Gasteiger partial charge in [-0.25, -0.2) is 4.39 Å². The van der Waals surface area contributed by atoms with Crippen LogP contribution < -0.4 is 5.32 Å². The van der Waals surface area contributed by atoms with Crippen molar-refractivity contribution in [2.45, 2.75) is 39.3 Å². The van der Waals surface area contributed by atoms with Crippen molar-refractivity contribution in [3.8, 4) is 0 Å². The molecule has 0 bridgehead atoms. The van der Waals surface area contributed by atoms with E-state index in [4.69, 9.17) is 0 Å². The Morgan fingerprint density at radius 1 is 0.909 bits per heavy atom. The molecule has 0 saturated heterocycles. The molecule has 0 aliphatic heterocycles. The van der Waals surface area contributed by atoms with E-state index >= 15 is 0 Å². The number of nitrogens with one attached hydrogen (secondary N) is 1. The molecule has 0 heterocycles. The van der Waals surface area contributed by atoms with Gasteiger partial charge in [-0.3, -0.25) is 0 Å². The maximum Gasteiger partial charge on any atom is 0.123 e. The van der Waals surface area contributed by atoms with E-state index in [2.05, 4.69) is 54.2 Å². The molecule has 2 rings (SSSR count). The topological polar surface area (TPSA) is 12.0 Å². The zero-order valence-electron chi connectivity index (χ0n) is 13.3. The third-order valence-electron chi connectivity index (χ3n) is 3.68. The Hall–Kier alpha value is -1.19. The van der Waals surface area contributed by atoms with Gasteiger partial charge in [-0.2, -0.15) is 0 Å². The van der Waals surface area contributed by atoms with E-state index in [9.17, 15) is 4.39 Å². The molecule has 0 radical (unpaired) electrons. The highest BCUT2D eigenvalue weighted by atomic mass is 79.9. The standard InChI is InChI=1S/C19H23BrFN/c1-13(2)12-14(3)22-19(15-4-8-17(20)9-5-15)16-6-10-18(21)11-7-16/h4-11,13-14,19,22H,12H2,1-3H3/t14-,19-/m0/s1. The van der Waals surface area contributed by atoms with Crippen molar-refractivity contribution in [2.24, 2.45) is 5.92 Å². The molecule has 0 aromatic heterocycles. The predicted molar refractivity (Wildman–Crippen MR) is 94.4 cm³/mol. The van der Waals surface area contributed by atoms with Gasteiger partial charge >= 0.3 is 0 Å². The van der Waals surface area contributed by atoms with Crippen LogP contribution in [0, 0.1) is 11.7 Å². The van der Waals surface area contributed by atoms with Crippen LogP contribution in [0.4, 0.5) is 4.39 Å². The molecule has 2 atom stereocenters. The summed E-state index contributed by atoms with van der Waals surface area (Å²) in [6, 6.07) is 15.5. The minimum absolute atomic E-state index is 0.0717. The van der Waals surface area contributed by atoms with Gasteiger partial charge in [0.15, 0.2) is 0 Å². The largest absolute Gasteiger partial charge is 0.304 e. The maximum atomic E-state index is 13.2. The second kappa shape index (κ2) is 7.89. The molecule has 118 valence electrons. The molecule has 3 heteroatoms. The Kier molecular flexibility index (Phi) is 6.16. The lowest BCUT2D eigenvalue weighted by Crippen LogP contribution is -2.32. The minimum atomic E-state index is -0.200. The fourth-order valence-electron chi connectivity index (χ4n) is 2.76.